The SMILES string of the molecule is CCCS(=O)(=O)Oc1ccc(CSC(=O)N2CCNCC2)cc1. The maximum Gasteiger partial charge on any atom is 0.309 e. The average Bonchev–Trinajstić information content (AvgIpc) is 2.54. The Morgan fingerprint density at radius 3 is 2.52 bits per heavy atom. The Labute approximate surface area is 141 Å². The minimum Gasteiger partial charge on any atom is -0.382 e. The number of rotatable bonds is 6. The first kappa shape index (κ1) is 18.1. The molecular formula is C15H22N2O4S2. The van der Waals surface area contributed by atoms with Crippen LogP contribution in [-0.4, -0.2) is 50.5 Å². The lowest BCUT2D eigenvalue weighted by Crippen LogP contribution is -2.45. The number of carbonyl (C=O) groups excluding carboxylic acids is 1. The molecule has 1 aromatic rings. The first-order chi connectivity index (χ1) is 11.0. The number of amides is 1. The van der Waals surface area contributed by atoms with Gasteiger partial charge in [0, 0.05) is 31.9 Å². The first-order valence-electron chi connectivity index (χ1n) is 7.63. The largest absolute Gasteiger partial charge is 0.382 e. The number of carbonyl (C=O) groups is 1. The van der Waals surface area contributed by atoms with E-state index in [4.69, 9.17) is 4.18 Å². The van der Waals surface area contributed by atoms with Crippen LogP contribution >= 0.6 is 11.8 Å². The third-order valence-corrected chi connectivity index (χ3v) is 5.68. The molecule has 1 saturated heterocycles. The summed E-state index contributed by atoms with van der Waals surface area (Å²) in [7, 11) is -3.51. The third kappa shape index (κ3) is 6.04. The van der Waals surface area contributed by atoms with Gasteiger partial charge in [0.1, 0.15) is 5.75 Å². The fraction of sp³-hybridized carbons (Fsp3) is 0.533. The summed E-state index contributed by atoms with van der Waals surface area (Å²) < 4.78 is 28.2. The molecule has 6 nitrogen and oxygen atoms in total. The van der Waals surface area contributed by atoms with Crippen molar-refractivity contribution in [2.24, 2.45) is 0 Å². The summed E-state index contributed by atoms with van der Waals surface area (Å²) in [5.74, 6) is 0.870. The van der Waals surface area contributed by atoms with E-state index < -0.39 is 10.1 Å². The van der Waals surface area contributed by atoms with E-state index in [9.17, 15) is 13.2 Å². The summed E-state index contributed by atoms with van der Waals surface area (Å²) in [6.07, 6.45) is 0.519. The highest BCUT2D eigenvalue weighted by molar-refractivity contribution is 8.12. The molecule has 0 aromatic heterocycles. The van der Waals surface area contributed by atoms with Crippen LogP contribution in [0.25, 0.3) is 0 Å². The molecule has 8 heteroatoms. The third-order valence-electron chi connectivity index (χ3n) is 3.34. The predicted octanol–water partition coefficient (Wildman–Crippen LogP) is 2.06. The zero-order valence-electron chi connectivity index (χ0n) is 13.2. The number of nitrogens with zero attached hydrogens (tertiary/aromatic N) is 1. The lowest BCUT2D eigenvalue weighted by molar-refractivity contribution is 0.215. The molecular weight excluding hydrogens is 336 g/mol. The van der Waals surface area contributed by atoms with Crippen LogP contribution in [0.2, 0.25) is 0 Å². The Hall–Kier alpha value is -1.25. The van der Waals surface area contributed by atoms with E-state index in [2.05, 4.69) is 5.32 Å². The number of hydrogen-bond donors (Lipinski definition) is 1. The minimum absolute atomic E-state index is 0.00377. The molecule has 0 bridgehead atoms. The van der Waals surface area contributed by atoms with Crippen molar-refractivity contribution >= 4 is 27.1 Å². The Balaban J connectivity index is 1.84. The van der Waals surface area contributed by atoms with E-state index in [1.165, 1.54) is 11.8 Å². The van der Waals surface area contributed by atoms with Crippen LogP contribution in [0, 0.1) is 0 Å². The maximum absolute atomic E-state index is 12.1. The smallest absolute Gasteiger partial charge is 0.309 e. The standard InChI is InChI=1S/C15H22N2O4S2/c1-2-11-23(19,20)21-14-5-3-13(4-6-14)12-22-15(18)17-9-7-16-8-10-17/h3-6,16H,2,7-12H2,1H3. The number of benzene rings is 1. The van der Waals surface area contributed by atoms with Crippen molar-refractivity contribution in [1.82, 2.24) is 10.2 Å². The fourth-order valence-electron chi connectivity index (χ4n) is 2.16. The second-order valence-electron chi connectivity index (χ2n) is 5.28. The van der Waals surface area contributed by atoms with Crippen molar-refractivity contribution in [3.05, 3.63) is 29.8 Å². The predicted molar refractivity (Wildman–Crippen MR) is 92.3 cm³/mol. The van der Waals surface area contributed by atoms with Gasteiger partial charge in [0.2, 0.25) is 0 Å². The number of thioether (sulfide) groups is 1. The molecule has 1 aliphatic rings. The van der Waals surface area contributed by atoms with Crippen LogP contribution in [-0.2, 0) is 15.9 Å². The summed E-state index contributed by atoms with van der Waals surface area (Å²) in [5.41, 5.74) is 0.957. The van der Waals surface area contributed by atoms with Crippen LogP contribution in [0.15, 0.2) is 24.3 Å². The maximum atomic E-state index is 12.1. The molecule has 0 saturated carbocycles. The van der Waals surface area contributed by atoms with Crippen molar-refractivity contribution in [2.75, 3.05) is 31.9 Å². The van der Waals surface area contributed by atoms with Crippen LogP contribution in [0.1, 0.15) is 18.9 Å². The molecule has 1 aliphatic heterocycles. The zero-order valence-corrected chi connectivity index (χ0v) is 14.8. The normalized spacial score (nSPS) is 15.4. The second-order valence-corrected chi connectivity index (χ2v) is 7.90. The van der Waals surface area contributed by atoms with Gasteiger partial charge in [-0.2, -0.15) is 8.42 Å². The molecule has 0 aliphatic carbocycles. The monoisotopic (exact) mass is 358 g/mol. The molecule has 1 N–H and O–H groups in total. The molecule has 0 unspecified atom stereocenters. The summed E-state index contributed by atoms with van der Waals surface area (Å²) in [6.45, 7) is 4.95. The quantitative estimate of drug-likeness (QED) is 0.785. The highest BCUT2D eigenvalue weighted by Gasteiger charge is 2.16. The molecule has 0 spiro atoms. The Kier molecular flexibility index (Phi) is 6.73. The van der Waals surface area contributed by atoms with Gasteiger partial charge in [-0.15, -0.1) is 0 Å². The molecule has 128 valence electrons. The van der Waals surface area contributed by atoms with Crippen LogP contribution in [0.4, 0.5) is 4.79 Å². The second kappa shape index (κ2) is 8.56. The van der Waals surface area contributed by atoms with Gasteiger partial charge in [-0.25, -0.2) is 0 Å². The van der Waals surface area contributed by atoms with Gasteiger partial charge in [0.05, 0.1) is 5.75 Å². The highest BCUT2D eigenvalue weighted by atomic mass is 32.2. The lowest BCUT2D eigenvalue weighted by atomic mass is 10.2. The van der Waals surface area contributed by atoms with E-state index >= 15 is 0 Å². The van der Waals surface area contributed by atoms with Gasteiger partial charge in [-0.1, -0.05) is 30.8 Å². The molecule has 0 atom stereocenters. The van der Waals surface area contributed by atoms with E-state index in [1.54, 1.807) is 31.2 Å². The van der Waals surface area contributed by atoms with Crippen molar-refractivity contribution in [3.8, 4) is 5.75 Å². The van der Waals surface area contributed by atoms with Gasteiger partial charge in [-0.05, 0) is 24.1 Å². The summed E-state index contributed by atoms with van der Waals surface area (Å²) in [5, 5.41) is 3.29. The summed E-state index contributed by atoms with van der Waals surface area (Å²) >= 11 is 1.26. The molecule has 2 rings (SSSR count). The average molecular weight is 358 g/mol. The topological polar surface area (TPSA) is 75.7 Å². The van der Waals surface area contributed by atoms with Crippen molar-refractivity contribution in [3.63, 3.8) is 0 Å². The van der Waals surface area contributed by atoms with E-state index in [0.717, 1.165) is 31.7 Å². The van der Waals surface area contributed by atoms with Crippen LogP contribution in [0.5, 0.6) is 5.75 Å². The number of hydrogen-bond acceptors (Lipinski definition) is 6. The van der Waals surface area contributed by atoms with E-state index in [1.807, 2.05) is 4.90 Å². The summed E-state index contributed by atoms with van der Waals surface area (Å²) in [6, 6.07) is 6.82. The Morgan fingerprint density at radius 2 is 1.91 bits per heavy atom. The van der Waals surface area contributed by atoms with Crippen molar-refractivity contribution in [2.45, 2.75) is 19.1 Å². The van der Waals surface area contributed by atoms with Crippen molar-refractivity contribution in [1.29, 1.82) is 0 Å². The van der Waals surface area contributed by atoms with Crippen LogP contribution < -0.4 is 9.50 Å². The lowest BCUT2D eigenvalue weighted by Gasteiger charge is -2.26. The van der Waals surface area contributed by atoms with E-state index in [0.29, 0.717) is 17.9 Å². The number of piperazine rings is 1. The highest BCUT2D eigenvalue weighted by Crippen LogP contribution is 2.20. The van der Waals surface area contributed by atoms with Gasteiger partial charge in [0.25, 0.3) is 5.24 Å². The molecule has 1 amide bonds. The zero-order chi connectivity index (χ0) is 16.7. The van der Waals surface area contributed by atoms with Gasteiger partial charge >= 0.3 is 10.1 Å². The Bertz CT molecular complexity index is 611. The molecule has 0 radical (unpaired) electrons. The first-order valence-corrected chi connectivity index (χ1v) is 10.2. The minimum atomic E-state index is -3.51. The van der Waals surface area contributed by atoms with Gasteiger partial charge in [0.15, 0.2) is 0 Å². The van der Waals surface area contributed by atoms with Crippen molar-refractivity contribution < 1.29 is 17.4 Å². The molecule has 23 heavy (non-hydrogen) atoms. The summed E-state index contributed by atoms with van der Waals surface area (Å²) in [4.78, 5) is 13.9. The molecule has 1 aromatic carbocycles. The molecule has 1 heterocycles. The fourth-order valence-corrected chi connectivity index (χ4v) is 4.00. The molecule has 1 fully saturated rings. The van der Waals surface area contributed by atoms with Crippen LogP contribution in [0.3, 0.4) is 0 Å². The Morgan fingerprint density at radius 1 is 1.26 bits per heavy atom. The van der Waals surface area contributed by atoms with Gasteiger partial charge in [-0.3, -0.25) is 4.79 Å². The van der Waals surface area contributed by atoms with Gasteiger partial charge < -0.3 is 14.4 Å². The number of nitrogens with one attached hydrogen (secondary N) is 1. The van der Waals surface area contributed by atoms with E-state index in [-0.39, 0.29) is 11.0 Å².